The minimum atomic E-state index is 0.424. The van der Waals surface area contributed by atoms with Crippen LogP contribution < -0.4 is 0 Å². The van der Waals surface area contributed by atoms with Crippen molar-refractivity contribution in [2.24, 2.45) is 0 Å². The van der Waals surface area contributed by atoms with Crippen LogP contribution in [0.15, 0.2) is 36.7 Å². The molecule has 0 spiro atoms. The quantitative estimate of drug-likeness (QED) is 0.765. The van der Waals surface area contributed by atoms with Gasteiger partial charge >= 0.3 is 0 Å². The van der Waals surface area contributed by atoms with E-state index in [0.29, 0.717) is 12.6 Å². The van der Waals surface area contributed by atoms with E-state index in [1.165, 1.54) is 31.4 Å². The summed E-state index contributed by atoms with van der Waals surface area (Å²) in [5, 5.41) is 4.56. The summed E-state index contributed by atoms with van der Waals surface area (Å²) in [5.74, 6) is 0. The maximum Gasteiger partial charge on any atom is 0.0887 e. The fourth-order valence-corrected chi connectivity index (χ4v) is 4.06. The summed E-state index contributed by atoms with van der Waals surface area (Å²) in [6, 6.07) is 9.31. The van der Waals surface area contributed by atoms with Crippen molar-refractivity contribution in [3.8, 4) is 0 Å². The molecular formula is C19H26N4O. The number of rotatable bonds is 6. The number of hydrogen-bond acceptors (Lipinski definition) is 4. The molecular weight excluding hydrogens is 300 g/mol. The Morgan fingerprint density at radius 3 is 2.88 bits per heavy atom. The topological polar surface area (TPSA) is 43.2 Å². The standard InChI is InChI=1S/C19H26N4O/c1-2-7-17(6-1)22-13-18-8-11-21-23(18)19(14-22)9-12-24-15-16-5-3-4-10-20-16/h3-5,8,10-11,17,19H,1-2,6-7,9,12-15H2. The Kier molecular flexibility index (Phi) is 4.90. The Morgan fingerprint density at radius 1 is 1.12 bits per heavy atom. The molecule has 4 rings (SSSR count). The third-order valence-corrected chi connectivity index (χ3v) is 5.32. The summed E-state index contributed by atoms with van der Waals surface area (Å²) in [5.41, 5.74) is 2.34. The van der Waals surface area contributed by atoms with E-state index >= 15 is 0 Å². The molecule has 3 heterocycles. The van der Waals surface area contributed by atoms with Crippen LogP contribution in [-0.2, 0) is 17.9 Å². The predicted octanol–water partition coefficient (Wildman–Crippen LogP) is 3.18. The summed E-state index contributed by atoms with van der Waals surface area (Å²) < 4.78 is 8.07. The molecule has 1 unspecified atom stereocenters. The second-order valence-corrected chi connectivity index (χ2v) is 6.95. The molecule has 0 radical (unpaired) electrons. The minimum absolute atomic E-state index is 0.424. The Morgan fingerprint density at radius 2 is 2.04 bits per heavy atom. The zero-order chi connectivity index (χ0) is 16.2. The Bertz CT molecular complexity index is 636. The van der Waals surface area contributed by atoms with Crippen LogP contribution in [0, 0.1) is 0 Å². The van der Waals surface area contributed by atoms with E-state index in [-0.39, 0.29) is 0 Å². The van der Waals surface area contributed by atoms with Gasteiger partial charge in [-0.3, -0.25) is 14.6 Å². The minimum Gasteiger partial charge on any atom is -0.375 e. The van der Waals surface area contributed by atoms with Crippen LogP contribution >= 0.6 is 0 Å². The van der Waals surface area contributed by atoms with E-state index in [2.05, 4.69) is 25.7 Å². The fourth-order valence-electron chi connectivity index (χ4n) is 4.06. The van der Waals surface area contributed by atoms with E-state index < -0.39 is 0 Å². The van der Waals surface area contributed by atoms with Crippen molar-refractivity contribution in [2.45, 2.75) is 57.3 Å². The van der Waals surface area contributed by atoms with Gasteiger partial charge in [0, 0.05) is 38.1 Å². The number of ether oxygens (including phenoxy) is 1. The first-order valence-electron chi connectivity index (χ1n) is 9.14. The van der Waals surface area contributed by atoms with Gasteiger partial charge in [0.05, 0.1) is 24.0 Å². The molecule has 1 saturated carbocycles. The number of aromatic nitrogens is 3. The van der Waals surface area contributed by atoms with Gasteiger partial charge in [-0.15, -0.1) is 0 Å². The smallest absolute Gasteiger partial charge is 0.0887 e. The number of fused-ring (bicyclic) bond motifs is 1. The molecule has 2 aliphatic rings. The highest BCUT2D eigenvalue weighted by atomic mass is 16.5. The summed E-state index contributed by atoms with van der Waals surface area (Å²) in [4.78, 5) is 6.98. The van der Waals surface area contributed by atoms with Gasteiger partial charge < -0.3 is 4.74 Å². The molecule has 5 heteroatoms. The maximum atomic E-state index is 5.85. The van der Waals surface area contributed by atoms with Crippen molar-refractivity contribution in [1.29, 1.82) is 0 Å². The van der Waals surface area contributed by atoms with Gasteiger partial charge in [-0.2, -0.15) is 5.10 Å². The van der Waals surface area contributed by atoms with Gasteiger partial charge in [0.2, 0.25) is 0 Å². The van der Waals surface area contributed by atoms with Crippen LogP contribution in [0.3, 0.4) is 0 Å². The van der Waals surface area contributed by atoms with E-state index in [0.717, 1.165) is 37.9 Å². The average molecular weight is 326 g/mol. The summed E-state index contributed by atoms with van der Waals surface area (Å²) in [6.45, 7) is 3.49. The van der Waals surface area contributed by atoms with Crippen molar-refractivity contribution in [1.82, 2.24) is 19.7 Å². The van der Waals surface area contributed by atoms with Crippen molar-refractivity contribution < 1.29 is 4.74 Å². The van der Waals surface area contributed by atoms with Crippen LogP contribution in [0.5, 0.6) is 0 Å². The average Bonchev–Trinajstić information content (AvgIpc) is 3.30. The number of nitrogens with zero attached hydrogens (tertiary/aromatic N) is 4. The third kappa shape index (κ3) is 3.52. The van der Waals surface area contributed by atoms with Gasteiger partial charge in [0.25, 0.3) is 0 Å². The lowest BCUT2D eigenvalue weighted by molar-refractivity contribution is 0.0752. The van der Waals surface area contributed by atoms with Gasteiger partial charge in [-0.05, 0) is 37.5 Å². The molecule has 1 aliphatic carbocycles. The molecule has 1 aliphatic heterocycles. The third-order valence-electron chi connectivity index (χ3n) is 5.32. The van der Waals surface area contributed by atoms with E-state index in [1.807, 2.05) is 30.6 Å². The Balaban J connectivity index is 1.33. The van der Waals surface area contributed by atoms with Crippen LogP contribution in [0.4, 0.5) is 0 Å². The molecule has 1 atom stereocenters. The van der Waals surface area contributed by atoms with Crippen LogP contribution in [0.25, 0.3) is 0 Å². The summed E-state index contributed by atoms with van der Waals surface area (Å²) in [7, 11) is 0. The molecule has 0 N–H and O–H groups in total. The largest absolute Gasteiger partial charge is 0.375 e. The summed E-state index contributed by atoms with van der Waals surface area (Å²) >= 11 is 0. The lowest BCUT2D eigenvalue weighted by Crippen LogP contribution is -2.42. The van der Waals surface area contributed by atoms with Crippen molar-refractivity contribution in [3.05, 3.63) is 48.0 Å². The highest BCUT2D eigenvalue weighted by Crippen LogP contribution is 2.30. The highest BCUT2D eigenvalue weighted by Gasteiger charge is 2.31. The predicted molar refractivity (Wildman–Crippen MR) is 92.4 cm³/mol. The van der Waals surface area contributed by atoms with Crippen LogP contribution in [0.1, 0.15) is 49.5 Å². The SMILES string of the molecule is c1ccc(COCCC2CN(C3CCCC3)Cc3ccnn32)nc1. The first kappa shape index (κ1) is 15.8. The van der Waals surface area contributed by atoms with Crippen molar-refractivity contribution in [3.63, 3.8) is 0 Å². The van der Waals surface area contributed by atoms with Gasteiger partial charge in [0.1, 0.15) is 0 Å². The van der Waals surface area contributed by atoms with Gasteiger partial charge in [0.15, 0.2) is 0 Å². The molecule has 5 nitrogen and oxygen atoms in total. The Labute approximate surface area is 143 Å². The Hall–Kier alpha value is -1.72. The normalized spacial score (nSPS) is 21.9. The van der Waals surface area contributed by atoms with E-state index in [1.54, 1.807) is 0 Å². The zero-order valence-electron chi connectivity index (χ0n) is 14.2. The second-order valence-electron chi connectivity index (χ2n) is 6.95. The first-order chi connectivity index (χ1) is 11.9. The molecule has 0 aromatic carbocycles. The molecule has 2 aromatic heterocycles. The monoisotopic (exact) mass is 326 g/mol. The second kappa shape index (κ2) is 7.45. The van der Waals surface area contributed by atoms with E-state index in [9.17, 15) is 0 Å². The van der Waals surface area contributed by atoms with Gasteiger partial charge in [-0.1, -0.05) is 18.9 Å². The van der Waals surface area contributed by atoms with Gasteiger partial charge in [-0.25, -0.2) is 0 Å². The molecule has 0 amide bonds. The lowest BCUT2D eigenvalue weighted by atomic mass is 10.1. The zero-order valence-corrected chi connectivity index (χ0v) is 14.2. The molecule has 2 aromatic rings. The maximum absolute atomic E-state index is 5.85. The first-order valence-corrected chi connectivity index (χ1v) is 9.14. The molecule has 1 fully saturated rings. The molecule has 0 saturated heterocycles. The van der Waals surface area contributed by atoms with Crippen molar-refractivity contribution >= 4 is 0 Å². The molecule has 128 valence electrons. The summed E-state index contributed by atoms with van der Waals surface area (Å²) in [6.07, 6.45) is 10.2. The van der Waals surface area contributed by atoms with E-state index in [4.69, 9.17) is 4.74 Å². The lowest BCUT2D eigenvalue weighted by Gasteiger charge is -2.37. The highest BCUT2D eigenvalue weighted by molar-refractivity contribution is 5.06. The van der Waals surface area contributed by atoms with Crippen LogP contribution in [-0.4, -0.2) is 38.9 Å². The van der Waals surface area contributed by atoms with Crippen LogP contribution in [0.2, 0.25) is 0 Å². The number of pyridine rings is 1. The van der Waals surface area contributed by atoms with Crippen molar-refractivity contribution in [2.75, 3.05) is 13.2 Å². The fraction of sp³-hybridized carbons (Fsp3) is 0.579. The molecule has 0 bridgehead atoms. The number of hydrogen-bond donors (Lipinski definition) is 0. The molecule has 24 heavy (non-hydrogen) atoms.